The summed E-state index contributed by atoms with van der Waals surface area (Å²) in [5.74, 6) is 0.0519. The molecular weight excluding hydrogens is 266 g/mol. The van der Waals surface area contributed by atoms with E-state index in [2.05, 4.69) is 15.6 Å². The average molecular weight is 283 g/mol. The Morgan fingerprint density at radius 2 is 2.37 bits per heavy atom. The third kappa shape index (κ3) is 4.96. The number of anilines is 1. The number of aromatic nitrogens is 1. The van der Waals surface area contributed by atoms with Crippen molar-refractivity contribution in [3.63, 3.8) is 0 Å². The van der Waals surface area contributed by atoms with Crippen LogP contribution in [-0.4, -0.2) is 36.1 Å². The SMILES string of the molecule is C[C@@H](OCC1CC1)C(=O)NCC(=O)Nc1nccs1. The van der Waals surface area contributed by atoms with Gasteiger partial charge in [0.15, 0.2) is 5.13 Å². The Labute approximate surface area is 115 Å². The number of ether oxygens (including phenoxy) is 1. The van der Waals surface area contributed by atoms with Gasteiger partial charge >= 0.3 is 0 Å². The largest absolute Gasteiger partial charge is 0.368 e. The molecule has 1 aliphatic rings. The van der Waals surface area contributed by atoms with Gasteiger partial charge in [-0.15, -0.1) is 11.3 Å². The Hall–Kier alpha value is -1.47. The highest BCUT2D eigenvalue weighted by molar-refractivity contribution is 7.13. The highest BCUT2D eigenvalue weighted by atomic mass is 32.1. The Balaban J connectivity index is 1.62. The van der Waals surface area contributed by atoms with E-state index in [-0.39, 0.29) is 18.4 Å². The van der Waals surface area contributed by atoms with Gasteiger partial charge in [-0.25, -0.2) is 4.98 Å². The first-order chi connectivity index (χ1) is 9.15. The average Bonchev–Trinajstić information content (AvgIpc) is 3.10. The summed E-state index contributed by atoms with van der Waals surface area (Å²) in [5, 5.41) is 7.42. The lowest BCUT2D eigenvalue weighted by Crippen LogP contribution is -2.39. The number of hydrogen-bond donors (Lipinski definition) is 2. The van der Waals surface area contributed by atoms with Crippen molar-refractivity contribution in [3.05, 3.63) is 11.6 Å². The topological polar surface area (TPSA) is 80.3 Å². The third-order valence-corrected chi connectivity index (χ3v) is 3.44. The third-order valence-electron chi connectivity index (χ3n) is 2.75. The van der Waals surface area contributed by atoms with Crippen LogP contribution in [0.4, 0.5) is 5.13 Å². The van der Waals surface area contributed by atoms with Crippen LogP contribution in [0.5, 0.6) is 0 Å². The van der Waals surface area contributed by atoms with Crippen LogP contribution in [0.25, 0.3) is 0 Å². The maximum absolute atomic E-state index is 11.7. The zero-order valence-electron chi connectivity index (χ0n) is 10.7. The van der Waals surface area contributed by atoms with Gasteiger partial charge in [0.2, 0.25) is 11.8 Å². The second-order valence-electron chi connectivity index (χ2n) is 4.52. The van der Waals surface area contributed by atoms with Crippen LogP contribution in [-0.2, 0) is 14.3 Å². The fraction of sp³-hybridized carbons (Fsp3) is 0.583. The van der Waals surface area contributed by atoms with Crippen LogP contribution < -0.4 is 10.6 Å². The number of amides is 2. The Morgan fingerprint density at radius 3 is 3.00 bits per heavy atom. The van der Waals surface area contributed by atoms with E-state index in [9.17, 15) is 9.59 Å². The van der Waals surface area contributed by atoms with Crippen molar-refractivity contribution in [1.29, 1.82) is 0 Å². The fourth-order valence-electron chi connectivity index (χ4n) is 1.40. The monoisotopic (exact) mass is 283 g/mol. The molecule has 104 valence electrons. The van der Waals surface area contributed by atoms with Crippen molar-refractivity contribution < 1.29 is 14.3 Å². The van der Waals surface area contributed by atoms with Gasteiger partial charge in [-0.1, -0.05) is 0 Å². The molecule has 1 aliphatic carbocycles. The molecule has 2 rings (SSSR count). The van der Waals surface area contributed by atoms with E-state index in [1.165, 1.54) is 24.2 Å². The smallest absolute Gasteiger partial charge is 0.249 e. The van der Waals surface area contributed by atoms with Crippen molar-refractivity contribution in [3.8, 4) is 0 Å². The van der Waals surface area contributed by atoms with Crippen LogP contribution in [0.2, 0.25) is 0 Å². The fourth-order valence-corrected chi connectivity index (χ4v) is 1.95. The second kappa shape index (κ2) is 6.63. The Kier molecular flexibility index (Phi) is 4.86. The van der Waals surface area contributed by atoms with E-state index in [4.69, 9.17) is 4.74 Å². The van der Waals surface area contributed by atoms with Gasteiger partial charge in [0.25, 0.3) is 0 Å². The zero-order valence-corrected chi connectivity index (χ0v) is 11.5. The molecule has 0 spiro atoms. The highest BCUT2D eigenvalue weighted by Gasteiger charge is 2.24. The first-order valence-corrected chi connectivity index (χ1v) is 7.12. The lowest BCUT2D eigenvalue weighted by atomic mass is 10.3. The van der Waals surface area contributed by atoms with E-state index in [0.717, 1.165) is 0 Å². The molecule has 19 heavy (non-hydrogen) atoms. The van der Waals surface area contributed by atoms with Crippen molar-refractivity contribution >= 4 is 28.3 Å². The van der Waals surface area contributed by atoms with Crippen LogP contribution in [0.15, 0.2) is 11.6 Å². The molecule has 0 radical (unpaired) electrons. The maximum atomic E-state index is 11.7. The van der Waals surface area contributed by atoms with Crippen molar-refractivity contribution in [2.45, 2.75) is 25.9 Å². The molecule has 0 bridgehead atoms. The molecule has 6 nitrogen and oxygen atoms in total. The van der Waals surface area contributed by atoms with Crippen molar-refractivity contribution in [2.24, 2.45) is 5.92 Å². The molecule has 7 heteroatoms. The molecule has 1 heterocycles. The van der Waals surface area contributed by atoms with E-state index >= 15 is 0 Å². The Bertz CT molecular complexity index is 431. The van der Waals surface area contributed by atoms with Crippen LogP contribution in [0.1, 0.15) is 19.8 Å². The first-order valence-electron chi connectivity index (χ1n) is 6.24. The summed E-state index contributed by atoms with van der Waals surface area (Å²) in [6.07, 6.45) is 3.45. The molecular formula is C12H17N3O3S. The molecule has 1 fully saturated rings. The number of thiazole rings is 1. The number of carbonyl (C=O) groups excluding carboxylic acids is 2. The standard InChI is InChI=1S/C12H17N3O3S/c1-8(18-7-9-2-3-9)11(17)14-6-10(16)15-12-13-4-5-19-12/h4-5,8-9H,2-3,6-7H2,1H3,(H,14,17)(H,13,15,16)/t8-/m1/s1. The summed E-state index contributed by atoms with van der Waals surface area (Å²) in [6.45, 7) is 2.24. The molecule has 0 aliphatic heterocycles. The molecule has 2 N–H and O–H groups in total. The molecule has 2 amide bonds. The minimum absolute atomic E-state index is 0.0739. The quantitative estimate of drug-likeness (QED) is 0.782. The number of nitrogens with one attached hydrogen (secondary N) is 2. The molecule has 1 atom stereocenters. The van der Waals surface area contributed by atoms with Crippen LogP contribution in [0, 0.1) is 5.92 Å². The second-order valence-corrected chi connectivity index (χ2v) is 5.42. The first kappa shape index (κ1) is 14.0. The summed E-state index contributed by atoms with van der Waals surface area (Å²) >= 11 is 1.33. The van der Waals surface area contributed by atoms with Gasteiger partial charge < -0.3 is 15.4 Å². The Morgan fingerprint density at radius 1 is 1.58 bits per heavy atom. The van der Waals surface area contributed by atoms with Crippen molar-refractivity contribution in [1.82, 2.24) is 10.3 Å². The summed E-state index contributed by atoms with van der Waals surface area (Å²) in [6, 6.07) is 0. The molecule has 1 saturated carbocycles. The van der Waals surface area contributed by atoms with E-state index in [0.29, 0.717) is 17.7 Å². The summed E-state index contributed by atoms with van der Waals surface area (Å²) in [5.41, 5.74) is 0. The normalized spacial score (nSPS) is 15.8. The van der Waals surface area contributed by atoms with Gasteiger partial charge in [-0.05, 0) is 25.7 Å². The highest BCUT2D eigenvalue weighted by Crippen LogP contribution is 2.29. The molecule has 1 aromatic rings. The molecule has 0 aromatic carbocycles. The minimum Gasteiger partial charge on any atom is -0.368 e. The van der Waals surface area contributed by atoms with Crippen LogP contribution >= 0.6 is 11.3 Å². The van der Waals surface area contributed by atoms with Gasteiger partial charge in [-0.2, -0.15) is 0 Å². The predicted octanol–water partition coefficient (Wildman–Crippen LogP) is 1.01. The van der Waals surface area contributed by atoms with E-state index < -0.39 is 6.10 Å². The summed E-state index contributed by atoms with van der Waals surface area (Å²) < 4.78 is 5.41. The number of hydrogen-bond acceptors (Lipinski definition) is 5. The number of carbonyl (C=O) groups is 2. The van der Waals surface area contributed by atoms with Crippen molar-refractivity contribution in [2.75, 3.05) is 18.5 Å². The number of nitrogens with zero attached hydrogens (tertiary/aromatic N) is 1. The molecule has 0 unspecified atom stereocenters. The van der Waals surface area contributed by atoms with E-state index in [1.807, 2.05) is 0 Å². The maximum Gasteiger partial charge on any atom is 0.249 e. The lowest BCUT2D eigenvalue weighted by molar-refractivity contribution is -0.133. The zero-order chi connectivity index (χ0) is 13.7. The predicted molar refractivity (Wildman–Crippen MR) is 71.9 cm³/mol. The van der Waals surface area contributed by atoms with Gasteiger partial charge in [0, 0.05) is 11.6 Å². The summed E-state index contributed by atoms with van der Waals surface area (Å²) in [4.78, 5) is 27.1. The molecule has 0 saturated heterocycles. The van der Waals surface area contributed by atoms with E-state index in [1.54, 1.807) is 18.5 Å². The van der Waals surface area contributed by atoms with Crippen LogP contribution in [0.3, 0.4) is 0 Å². The van der Waals surface area contributed by atoms with Gasteiger partial charge in [0.1, 0.15) is 6.10 Å². The molecule has 1 aromatic heterocycles. The minimum atomic E-state index is -0.520. The summed E-state index contributed by atoms with van der Waals surface area (Å²) in [7, 11) is 0. The van der Waals surface area contributed by atoms with Gasteiger partial charge in [-0.3, -0.25) is 9.59 Å². The lowest BCUT2D eigenvalue weighted by Gasteiger charge is -2.12. The number of rotatable bonds is 7. The van der Waals surface area contributed by atoms with Gasteiger partial charge in [0.05, 0.1) is 13.2 Å².